The maximum absolute atomic E-state index is 11.1. The van der Waals surface area contributed by atoms with Crippen molar-refractivity contribution in [2.24, 2.45) is 0 Å². The molecule has 0 radical (unpaired) electrons. The molecule has 15 heavy (non-hydrogen) atoms. The van der Waals surface area contributed by atoms with Crippen LogP contribution in [0.25, 0.3) is 11.4 Å². The number of nitrogens with zero attached hydrogens (tertiary/aromatic N) is 3. The topological polar surface area (TPSA) is 80.8 Å². The highest BCUT2D eigenvalue weighted by molar-refractivity contribution is 5.89. The van der Waals surface area contributed by atoms with Crippen LogP contribution in [-0.4, -0.2) is 33.5 Å². The van der Waals surface area contributed by atoms with Crippen molar-refractivity contribution in [3.63, 3.8) is 0 Å². The molecule has 0 unspecified atom stereocenters. The van der Waals surface area contributed by atoms with Gasteiger partial charge in [-0.1, -0.05) is 0 Å². The highest BCUT2D eigenvalue weighted by Gasteiger charge is 2.07. The van der Waals surface area contributed by atoms with Gasteiger partial charge in [-0.15, -0.1) is 0 Å². The molecule has 0 fully saturated rings. The Morgan fingerprint density at radius 2 is 2.20 bits per heavy atom. The number of ether oxygens (including phenoxy) is 1. The molecule has 0 bridgehead atoms. The summed E-state index contributed by atoms with van der Waals surface area (Å²) in [5.41, 5.74) is 1.69. The predicted octanol–water partition coefficient (Wildman–Crippen LogP) is 0.653. The van der Waals surface area contributed by atoms with Crippen LogP contribution in [0.4, 0.5) is 0 Å². The Morgan fingerprint density at radius 3 is 2.73 bits per heavy atom. The summed E-state index contributed by atoms with van der Waals surface area (Å²) < 4.78 is 4.55. The standard InChI is InChI=1S/C9H8N4O2/c1-15-9(14)6-2-3-7(10-4-6)8-5-11-13-12-8/h2-5H,1H3,(H,11,12,13). The van der Waals surface area contributed by atoms with Gasteiger partial charge >= 0.3 is 5.97 Å². The fraction of sp³-hybridized carbons (Fsp3) is 0.111. The highest BCUT2D eigenvalue weighted by Crippen LogP contribution is 2.12. The largest absolute Gasteiger partial charge is 0.465 e. The molecule has 0 saturated heterocycles. The molecule has 0 aliphatic carbocycles. The van der Waals surface area contributed by atoms with Gasteiger partial charge in [0.05, 0.1) is 24.6 Å². The van der Waals surface area contributed by atoms with Crippen molar-refractivity contribution in [3.8, 4) is 11.4 Å². The Kier molecular flexibility index (Phi) is 2.40. The van der Waals surface area contributed by atoms with Crippen LogP contribution in [0.1, 0.15) is 10.4 Å². The Labute approximate surface area is 85.3 Å². The quantitative estimate of drug-likeness (QED) is 0.726. The van der Waals surface area contributed by atoms with E-state index in [2.05, 4.69) is 25.1 Å². The lowest BCUT2D eigenvalue weighted by Crippen LogP contribution is -2.01. The second kappa shape index (κ2) is 3.87. The molecule has 6 heteroatoms. The maximum Gasteiger partial charge on any atom is 0.339 e. The van der Waals surface area contributed by atoms with E-state index >= 15 is 0 Å². The number of methoxy groups -OCH3 is 1. The summed E-state index contributed by atoms with van der Waals surface area (Å²) in [5.74, 6) is -0.408. The first-order valence-corrected chi connectivity index (χ1v) is 4.22. The Balaban J connectivity index is 2.29. The Hall–Kier alpha value is -2.24. The van der Waals surface area contributed by atoms with E-state index in [1.54, 1.807) is 18.3 Å². The molecule has 0 aliphatic rings. The lowest BCUT2D eigenvalue weighted by Gasteiger charge is -1.98. The molecule has 0 aromatic carbocycles. The molecule has 0 saturated carbocycles. The molecule has 2 rings (SSSR count). The maximum atomic E-state index is 11.1. The predicted molar refractivity (Wildman–Crippen MR) is 51.0 cm³/mol. The lowest BCUT2D eigenvalue weighted by atomic mass is 10.2. The molecule has 76 valence electrons. The van der Waals surface area contributed by atoms with Crippen LogP contribution in [0, 0.1) is 0 Å². The fourth-order valence-electron chi connectivity index (χ4n) is 1.11. The molecule has 2 aromatic rings. The van der Waals surface area contributed by atoms with Gasteiger partial charge < -0.3 is 4.74 Å². The third kappa shape index (κ3) is 1.83. The lowest BCUT2D eigenvalue weighted by molar-refractivity contribution is 0.0600. The fourth-order valence-corrected chi connectivity index (χ4v) is 1.11. The summed E-state index contributed by atoms with van der Waals surface area (Å²) >= 11 is 0. The molecule has 2 aromatic heterocycles. The molecule has 2 heterocycles. The number of hydrogen-bond acceptors (Lipinski definition) is 5. The van der Waals surface area contributed by atoms with Crippen molar-refractivity contribution < 1.29 is 9.53 Å². The van der Waals surface area contributed by atoms with Crippen LogP contribution in [0.15, 0.2) is 24.5 Å². The smallest absolute Gasteiger partial charge is 0.339 e. The SMILES string of the molecule is COC(=O)c1ccc(-c2cn[nH]n2)nc1. The number of carbonyl (C=O) groups is 1. The monoisotopic (exact) mass is 204 g/mol. The molecule has 6 nitrogen and oxygen atoms in total. The van der Waals surface area contributed by atoms with Crippen molar-refractivity contribution in [2.45, 2.75) is 0 Å². The molecule has 0 spiro atoms. The first-order valence-electron chi connectivity index (χ1n) is 4.22. The van der Waals surface area contributed by atoms with Crippen molar-refractivity contribution in [3.05, 3.63) is 30.1 Å². The average molecular weight is 204 g/mol. The highest BCUT2D eigenvalue weighted by atomic mass is 16.5. The molecular formula is C9H8N4O2. The van der Waals surface area contributed by atoms with Crippen molar-refractivity contribution in [1.82, 2.24) is 20.4 Å². The van der Waals surface area contributed by atoms with E-state index in [1.807, 2.05) is 0 Å². The van der Waals surface area contributed by atoms with Crippen LogP contribution >= 0.6 is 0 Å². The number of hydrogen-bond donors (Lipinski definition) is 1. The van der Waals surface area contributed by atoms with Crippen LogP contribution in [0.5, 0.6) is 0 Å². The summed E-state index contributed by atoms with van der Waals surface area (Å²) in [6.45, 7) is 0. The molecular weight excluding hydrogens is 196 g/mol. The van der Waals surface area contributed by atoms with Crippen molar-refractivity contribution in [2.75, 3.05) is 7.11 Å². The Bertz CT molecular complexity index is 449. The van der Waals surface area contributed by atoms with Gasteiger partial charge in [0.15, 0.2) is 0 Å². The number of pyridine rings is 1. The number of H-pyrrole nitrogens is 1. The van der Waals surface area contributed by atoms with Gasteiger partial charge in [0, 0.05) is 6.20 Å². The number of nitrogens with one attached hydrogen (secondary N) is 1. The first-order chi connectivity index (χ1) is 7.31. The minimum Gasteiger partial charge on any atom is -0.465 e. The van der Waals surface area contributed by atoms with Gasteiger partial charge in [0.2, 0.25) is 0 Å². The zero-order chi connectivity index (χ0) is 10.7. The second-order valence-corrected chi connectivity index (χ2v) is 2.78. The van der Waals surface area contributed by atoms with Crippen LogP contribution in [0.2, 0.25) is 0 Å². The summed E-state index contributed by atoms with van der Waals surface area (Å²) in [6.07, 6.45) is 3.00. The summed E-state index contributed by atoms with van der Waals surface area (Å²) in [5, 5.41) is 10.0. The van der Waals surface area contributed by atoms with E-state index in [1.165, 1.54) is 13.3 Å². The van der Waals surface area contributed by atoms with Gasteiger partial charge in [-0.25, -0.2) is 4.79 Å². The van der Waals surface area contributed by atoms with Gasteiger partial charge in [-0.05, 0) is 12.1 Å². The second-order valence-electron chi connectivity index (χ2n) is 2.78. The number of rotatable bonds is 2. The number of aromatic nitrogens is 4. The molecule has 1 N–H and O–H groups in total. The van der Waals surface area contributed by atoms with E-state index in [4.69, 9.17) is 0 Å². The third-order valence-corrected chi connectivity index (χ3v) is 1.86. The van der Waals surface area contributed by atoms with E-state index in [0.717, 1.165) is 0 Å². The zero-order valence-corrected chi connectivity index (χ0v) is 7.97. The summed E-state index contributed by atoms with van der Waals surface area (Å²) in [4.78, 5) is 15.2. The minimum absolute atomic E-state index is 0.407. The van der Waals surface area contributed by atoms with E-state index in [9.17, 15) is 4.79 Å². The van der Waals surface area contributed by atoms with Crippen LogP contribution in [-0.2, 0) is 4.74 Å². The average Bonchev–Trinajstić information content (AvgIpc) is 2.82. The van der Waals surface area contributed by atoms with Crippen LogP contribution < -0.4 is 0 Å². The summed E-state index contributed by atoms with van der Waals surface area (Å²) in [7, 11) is 1.33. The molecule has 0 aliphatic heterocycles. The Morgan fingerprint density at radius 1 is 1.33 bits per heavy atom. The molecule has 0 amide bonds. The van der Waals surface area contributed by atoms with Crippen molar-refractivity contribution in [1.29, 1.82) is 0 Å². The number of aromatic amines is 1. The normalized spacial score (nSPS) is 9.93. The van der Waals surface area contributed by atoms with Gasteiger partial charge in [0.1, 0.15) is 5.69 Å². The van der Waals surface area contributed by atoms with E-state index in [0.29, 0.717) is 17.0 Å². The van der Waals surface area contributed by atoms with Gasteiger partial charge in [0.25, 0.3) is 0 Å². The van der Waals surface area contributed by atoms with Gasteiger partial charge in [-0.2, -0.15) is 15.4 Å². The van der Waals surface area contributed by atoms with Crippen LogP contribution in [0.3, 0.4) is 0 Å². The zero-order valence-electron chi connectivity index (χ0n) is 7.97. The third-order valence-electron chi connectivity index (χ3n) is 1.86. The minimum atomic E-state index is -0.408. The van der Waals surface area contributed by atoms with Crippen molar-refractivity contribution >= 4 is 5.97 Å². The number of esters is 1. The van der Waals surface area contributed by atoms with E-state index < -0.39 is 5.97 Å². The summed E-state index contributed by atoms with van der Waals surface area (Å²) in [6, 6.07) is 3.31. The molecule has 0 atom stereocenters. The first kappa shape index (κ1) is 9.32. The van der Waals surface area contributed by atoms with E-state index in [-0.39, 0.29) is 0 Å². The van der Waals surface area contributed by atoms with Gasteiger partial charge in [-0.3, -0.25) is 4.98 Å². The number of carbonyl (C=O) groups excluding carboxylic acids is 1.